The van der Waals surface area contributed by atoms with Crippen molar-refractivity contribution < 1.29 is 8.42 Å². The Morgan fingerprint density at radius 3 is 2.67 bits per heavy atom. The third kappa shape index (κ3) is 3.81. The summed E-state index contributed by atoms with van der Waals surface area (Å²) in [7, 11) is -3.36. The molecule has 0 saturated carbocycles. The predicted octanol–water partition coefficient (Wildman–Crippen LogP) is 2.27. The number of hydrogen-bond donors (Lipinski definition) is 1. The fourth-order valence-electron chi connectivity index (χ4n) is 2.80. The molecule has 1 aliphatic heterocycles. The van der Waals surface area contributed by atoms with Crippen LogP contribution in [0, 0.1) is 5.92 Å². The lowest BCUT2D eigenvalue weighted by molar-refractivity contribution is 0.217. The molecule has 0 amide bonds. The summed E-state index contributed by atoms with van der Waals surface area (Å²) in [5.41, 5.74) is 7.01. The zero-order valence-electron chi connectivity index (χ0n) is 12.5. The zero-order valence-corrected chi connectivity index (χ0v) is 14.1. The summed E-state index contributed by atoms with van der Waals surface area (Å²) in [4.78, 5) is 0.237. The van der Waals surface area contributed by atoms with Crippen LogP contribution in [0.3, 0.4) is 0 Å². The van der Waals surface area contributed by atoms with Gasteiger partial charge < -0.3 is 5.73 Å². The minimum Gasteiger partial charge on any atom is -0.389 e. The number of nitrogens with two attached hydrogens (primary N) is 1. The van der Waals surface area contributed by atoms with Crippen molar-refractivity contribution in [3.8, 4) is 0 Å². The Bertz CT molecular complexity index is 628. The van der Waals surface area contributed by atoms with E-state index >= 15 is 0 Å². The Balaban J connectivity index is 2.27. The second kappa shape index (κ2) is 6.42. The molecule has 4 nitrogen and oxygen atoms in total. The van der Waals surface area contributed by atoms with Gasteiger partial charge in [0, 0.05) is 18.2 Å². The molecular formula is C15H22N2O2S2. The lowest BCUT2D eigenvalue weighted by Gasteiger charge is -2.35. The Kier molecular flexibility index (Phi) is 5.01. The van der Waals surface area contributed by atoms with Crippen molar-refractivity contribution in [2.75, 3.05) is 6.54 Å². The summed E-state index contributed by atoms with van der Waals surface area (Å²) in [6.45, 7) is 4.67. The van der Waals surface area contributed by atoms with Crippen molar-refractivity contribution in [3.05, 3.63) is 35.4 Å². The van der Waals surface area contributed by atoms with Crippen LogP contribution in [0.4, 0.5) is 0 Å². The highest BCUT2D eigenvalue weighted by Gasteiger charge is 2.32. The highest BCUT2D eigenvalue weighted by atomic mass is 32.2. The average Bonchev–Trinajstić information content (AvgIpc) is 2.41. The molecule has 1 aromatic rings. The monoisotopic (exact) mass is 326 g/mol. The lowest BCUT2D eigenvalue weighted by Crippen LogP contribution is -2.45. The molecular weight excluding hydrogens is 304 g/mol. The van der Waals surface area contributed by atoms with Gasteiger partial charge in [0.15, 0.2) is 0 Å². The Morgan fingerprint density at radius 2 is 2.00 bits per heavy atom. The van der Waals surface area contributed by atoms with E-state index in [9.17, 15) is 8.42 Å². The predicted molar refractivity (Wildman–Crippen MR) is 89.5 cm³/mol. The van der Waals surface area contributed by atoms with Gasteiger partial charge in [0.05, 0.1) is 5.75 Å². The van der Waals surface area contributed by atoms with Gasteiger partial charge in [-0.15, -0.1) is 0 Å². The topological polar surface area (TPSA) is 63.4 Å². The number of thiocarbonyl (C=S) groups is 1. The Labute approximate surface area is 132 Å². The van der Waals surface area contributed by atoms with Gasteiger partial charge in [0.25, 0.3) is 0 Å². The molecule has 116 valence electrons. The molecule has 0 aromatic heterocycles. The molecule has 21 heavy (non-hydrogen) atoms. The minimum atomic E-state index is -3.36. The van der Waals surface area contributed by atoms with Crippen LogP contribution in [0.25, 0.3) is 0 Å². The van der Waals surface area contributed by atoms with Crippen LogP contribution < -0.4 is 5.73 Å². The summed E-state index contributed by atoms with van der Waals surface area (Å²) in [5, 5.41) is 0. The molecule has 2 atom stereocenters. The molecule has 6 heteroatoms. The number of piperidine rings is 1. The summed E-state index contributed by atoms with van der Waals surface area (Å²) in [6, 6.07) is 7.24. The SMILES string of the molecule is CC1CCC(C)N(S(=O)(=O)Cc2ccccc2C(N)=S)C1. The summed E-state index contributed by atoms with van der Waals surface area (Å²) in [6.07, 6.45) is 1.99. The Morgan fingerprint density at radius 1 is 1.33 bits per heavy atom. The standard InChI is InChI=1S/C15H22N2O2S2/c1-11-7-8-12(2)17(9-11)21(18,19)10-13-5-3-4-6-14(13)15(16)20/h3-6,11-12H,7-10H2,1-2H3,(H2,16,20). The third-order valence-corrected chi connectivity index (χ3v) is 6.16. The first kappa shape index (κ1) is 16.4. The van der Waals surface area contributed by atoms with E-state index in [2.05, 4.69) is 6.92 Å². The normalized spacial score (nSPS) is 23.9. The third-order valence-electron chi connectivity index (χ3n) is 4.04. The molecule has 1 heterocycles. The van der Waals surface area contributed by atoms with Crippen molar-refractivity contribution in [3.63, 3.8) is 0 Å². The van der Waals surface area contributed by atoms with Gasteiger partial charge in [0.2, 0.25) is 10.0 Å². The quantitative estimate of drug-likeness (QED) is 0.862. The van der Waals surface area contributed by atoms with E-state index < -0.39 is 10.0 Å². The van der Waals surface area contributed by atoms with Gasteiger partial charge in [-0.05, 0) is 31.2 Å². The lowest BCUT2D eigenvalue weighted by atomic mass is 9.97. The number of sulfonamides is 1. The van der Waals surface area contributed by atoms with Gasteiger partial charge in [-0.2, -0.15) is 4.31 Å². The van der Waals surface area contributed by atoms with Gasteiger partial charge >= 0.3 is 0 Å². The number of nitrogens with zero attached hydrogens (tertiary/aromatic N) is 1. The molecule has 0 aliphatic carbocycles. The largest absolute Gasteiger partial charge is 0.389 e. The van der Waals surface area contributed by atoms with Crippen LogP contribution in [0.15, 0.2) is 24.3 Å². The van der Waals surface area contributed by atoms with Crippen LogP contribution in [-0.4, -0.2) is 30.3 Å². The highest BCUT2D eigenvalue weighted by Crippen LogP contribution is 2.26. The van der Waals surface area contributed by atoms with Crippen molar-refractivity contribution in [2.45, 2.75) is 38.5 Å². The van der Waals surface area contributed by atoms with E-state index in [0.29, 0.717) is 23.6 Å². The molecule has 2 rings (SSSR count). The van der Waals surface area contributed by atoms with E-state index in [4.69, 9.17) is 18.0 Å². The van der Waals surface area contributed by atoms with Crippen molar-refractivity contribution in [1.29, 1.82) is 0 Å². The summed E-state index contributed by atoms with van der Waals surface area (Å²) in [5.74, 6) is 0.360. The number of rotatable bonds is 4. The van der Waals surface area contributed by atoms with Crippen molar-refractivity contribution >= 4 is 27.2 Å². The molecule has 0 bridgehead atoms. The van der Waals surface area contributed by atoms with E-state index in [-0.39, 0.29) is 16.8 Å². The zero-order chi connectivity index (χ0) is 15.6. The smallest absolute Gasteiger partial charge is 0.218 e. The maximum absolute atomic E-state index is 12.7. The Hall–Kier alpha value is -0.980. The van der Waals surface area contributed by atoms with Crippen LogP contribution in [0.1, 0.15) is 37.8 Å². The van der Waals surface area contributed by atoms with E-state index in [1.54, 1.807) is 16.4 Å². The van der Waals surface area contributed by atoms with Crippen LogP contribution >= 0.6 is 12.2 Å². The van der Waals surface area contributed by atoms with Crippen LogP contribution in [0.5, 0.6) is 0 Å². The first-order chi connectivity index (χ1) is 9.81. The highest BCUT2D eigenvalue weighted by molar-refractivity contribution is 7.88. The molecule has 1 saturated heterocycles. The van der Waals surface area contributed by atoms with Crippen LogP contribution in [0.2, 0.25) is 0 Å². The van der Waals surface area contributed by atoms with Gasteiger partial charge in [0.1, 0.15) is 4.99 Å². The molecule has 1 fully saturated rings. The average molecular weight is 326 g/mol. The molecule has 0 spiro atoms. The summed E-state index contributed by atoms with van der Waals surface area (Å²) < 4.78 is 27.1. The number of hydrogen-bond acceptors (Lipinski definition) is 3. The molecule has 2 N–H and O–H groups in total. The van der Waals surface area contributed by atoms with Gasteiger partial charge in [-0.1, -0.05) is 43.4 Å². The fourth-order valence-corrected chi connectivity index (χ4v) is 4.95. The molecule has 0 radical (unpaired) electrons. The second-order valence-electron chi connectivity index (χ2n) is 5.88. The van der Waals surface area contributed by atoms with E-state index in [1.165, 1.54) is 0 Å². The van der Waals surface area contributed by atoms with E-state index in [0.717, 1.165) is 12.8 Å². The van der Waals surface area contributed by atoms with Crippen LogP contribution in [-0.2, 0) is 15.8 Å². The minimum absolute atomic E-state index is 0.0441. The first-order valence-electron chi connectivity index (χ1n) is 7.18. The van der Waals surface area contributed by atoms with Gasteiger partial charge in [-0.25, -0.2) is 8.42 Å². The molecule has 1 aromatic carbocycles. The maximum atomic E-state index is 12.7. The molecule has 1 aliphatic rings. The van der Waals surface area contributed by atoms with Crippen molar-refractivity contribution in [2.24, 2.45) is 11.7 Å². The van der Waals surface area contributed by atoms with E-state index in [1.807, 2.05) is 19.1 Å². The van der Waals surface area contributed by atoms with Gasteiger partial charge in [-0.3, -0.25) is 0 Å². The maximum Gasteiger partial charge on any atom is 0.218 e. The molecule has 2 unspecified atom stereocenters. The second-order valence-corrected chi connectivity index (χ2v) is 8.24. The van der Waals surface area contributed by atoms with Crippen molar-refractivity contribution in [1.82, 2.24) is 4.31 Å². The number of benzene rings is 1. The summed E-state index contributed by atoms with van der Waals surface area (Å²) >= 11 is 5.01. The fraction of sp³-hybridized carbons (Fsp3) is 0.533. The first-order valence-corrected chi connectivity index (χ1v) is 9.20.